The average Bonchev–Trinajstić information content (AvgIpc) is 3.17. The van der Waals surface area contributed by atoms with Gasteiger partial charge in [0.1, 0.15) is 17.3 Å². The SMILES string of the molecule is N#Cc1ccc(C(=O)Nc2csc([C@@]34COCC[C@H]3CSC(N)=N4)c2)nc1. The lowest BCUT2D eigenvalue weighted by Crippen LogP contribution is -2.47. The van der Waals surface area contributed by atoms with Crippen LogP contribution < -0.4 is 11.1 Å². The zero-order valence-corrected chi connectivity index (χ0v) is 16.0. The number of carbonyl (C=O) groups is 1. The number of ether oxygens (including phenoxy) is 1. The Morgan fingerprint density at radius 1 is 1.48 bits per heavy atom. The van der Waals surface area contributed by atoms with Crippen molar-refractivity contribution in [2.45, 2.75) is 12.0 Å². The maximum Gasteiger partial charge on any atom is 0.274 e. The van der Waals surface area contributed by atoms with Gasteiger partial charge in [-0.15, -0.1) is 11.3 Å². The van der Waals surface area contributed by atoms with Crippen LogP contribution in [-0.4, -0.2) is 35.0 Å². The van der Waals surface area contributed by atoms with Crippen molar-refractivity contribution in [1.29, 1.82) is 5.26 Å². The number of nitriles is 1. The fraction of sp³-hybridized carbons (Fsp3) is 0.333. The molecular formula is C18H17N5O2S2. The lowest BCUT2D eigenvalue weighted by molar-refractivity contribution is 0.00613. The highest BCUT2D eigenvalue weighted by molar-refractivity contribution is 8.13. The summed E-state index contributed by atoms with van der Waals surface area (Å²) < 4.78 is 5.74. The number of aromatic nitrogens is 1. The Balaban J connectivity index is 1.56. The van der Waals surface area contributed by atoms with Crippen LogP contribution in [0.3, 0.4) is 0 Å². The summed E-state index contributed by atoms with van der Waals surface area (Å²) in [5.41, 5.74) is 6.91. The normalized spacial score (nSPS) is 24.4. The third kappa shape index (κ3) is 3.43. The molecule has 9 heteroatoms. The molecule has 138 valence electrons. The Kier molecular flexibility index (Phi) is 4.86. The van der Waals surface area contributed by atoms with E-state index in [1.54, 1.807) is 29.2 Å². The van der Waals surface area contributed by atoms with E-state index in [0.717, 1.165) is 23.7 Å². The molecule has 1 amide bonds. The van der Waals surface area contributed by atoms with Gasteiger partial charge in [-0.1, -0.05) is 11.8 Å². The van der Waals surface area contributed by atoms with Crippen molar-refractivity contribution in [3.63, 3.8) is 0 Å². The quantitative estimate of drug-likeness (QED) is 0.820. The number of fused-ring (bicyclic) bond motifs is 1. The predicted octanol–water partition coefficient (Wildman–Crippen LogP) is 2.56. The van der Waals surface area contributed by atoms with Crippen LogP contribution in [-0.2, 0) is 10.3 Å². The van der Waals surface area contributed by atoms with E-state index in [1.807, 2.05) is 17.5 Å². The van der Waals surface area contributed by atoms with Gasteiger partial charge in [-0.25, -0.2) is 9.98 Å². The van der Waals surface area contributed by atoms with Crippen molar-refractivity contribution >= 4 is 39.9 Å². The Morgan fingerprint density at radius 2 is 2.37 bits per heavy atom. The van der Waals surface area contributed by atoms with E-state index in [1.165, 1.54) is 12.3 Å². The van der Waals surface area contributed by atoms with E-state index in [4.69, 9.17) is 20.7 Å². The fourth-order valence-electron chi connectivity index (χ4n) is 3.32. The molecule has 1 fully saturated rings. The van der Waals surface area contributed by atoms with Gasteiger partial charge in [-0.2, -0.15) is 5.26 Å². The highest BCUT2D eigenvalue weighted by Crippen LogP contribution is 2.46. The van der Waals surface area contributed by atoms with Crippen LogP contribution in [0.1, 0.15) is 27.3 Å². The van der Waals surface area contributed by atoms with Gasteiger partial charge in [0.05, 0.1) is 17.9 Å². The molecule has 4 rings (SSSR count). The van der Waals surface area contributed by atoms with Gasteiger partial charge in [-0.05, 0) is 24.6 Å². The first-order chi connectivity index (χ1) is 13.1. The molecule has 2 aromatic heterocycles. The number of rotatable bonds is 3. The third-order valence-electron chi connectivity index (χ3n) is 4.76. The van der Waals surface area contributed by atoms with Crippen LogP contribution in [0.2, 0.25) is 0 Å². The molecule has 4 heterocycles. The van der Waals surface area contributed by atoms with E-state index >= 15 is 0 Å². The summed E-state index contributed by atoms with van der Waals surface area (Å²) in [5.74, 6) is 0.971. The number of pyridine rings is 1. The zero-order chi connectivity index (χ0) is 18.9. The lowest BCUT2D eigenvalue weighted by Gasteiger charge is -2.42. The van der Waals surface area contributed by atoms with Gasteiger partial charge in [0.15, 0.2) is 5.17 Å². The number of anilines is 1. The summed E-state index contributed by atoms with van der Waals surface area (Å²) in [4.78, 5) is 22.2. The molecule has 3 N–H and O–H groups in total. The van der Waals surface area contributed by atoms with E-state index in [0.29, 0.717) is 28.9 Å². The monoisotopic (exact) mass is 399 g/mol. The van der Waals surface area contributed by atoms with Gasteiger partial charge in [-0.3, -0.25) is 4.79 Å². The molecule has 0 radical (unpaired) electrons. The van der Waals surface area contributed by atoms with Gasteiger partial charge in [0.2, 0.25) is 0 Å². The van der Waals surface area contributed by atoms with Crippen molar-refractivity contribution in [2.24, 2.45) is 16.6 Å². The minimum Gasteiger partial charge on any atom is -0.379 e. The Morgan fingerprint density at radius 3 is 3.15 bits per heavy atom. The zero-order valence-electron chi connectivity index (χ0n) is 14.3. The molecule has 0 spiro atoms. The van der Waals surface area contributed by atoms with Crippen molar-refractivity contribution in [2.75, 3.05) is 24.3 Å². The van der Waals surface area contributed by atoms with Gasteiger partial charge in [0, 0.05) is 34.7 Å². The standard InChI is InChI=1S/C18H17N5O2S2/c19-6-11-1-2-14(21-7-11)16(24)22-13-5-15(26-9-13)18-10-25-4-3-12(18)8-27-17(20)23-18/h1-2,5,7,9,12H,3-4,8,10H2,(H2,20,23)(H,22,24)/t12-,18+/m0/s1. The molecule has 2 aliphatic rings. The highest BCUT2D eigenvalue weighted by atomic mass is 32.2. The number of amidine groups is 1. The number of aliphatic imine (C=N–C) groups is 1. The van der Waals surface area contributed by atoms with Crippen molar-refractivity contribution in [3.05, 3.63) is 45.9 Å². The molecule has 0 unspecified atom stereocenters. The minimum absolute atomic E-state index is 0.259. The molecule has 2 aromatic rings. The van der Waals surface area contributed by atoms with E-state index in [2.05, 4.69) is 10.3 Å². The number of nitrogens with one attached hydrogen (secondary N) is 1. The summed E-state index contributed by atoms with van der Waals surface area (Å²) in [7, 11) is 0. The number of nitrogens with two attached hydrogens (primary N) is 1. The topological polar surface area (TPSA) is 113 Å². The summed E-state index contributed by atoms with van der Waals surface area (Å²) in [6.07, 6.45) is 2.33. The van der Waals surface area contributed by atoms with Crippen LogP contribution >= 0.6 is 23.1 Å². The molecule has 27 heavy (non-hydrogen) atoms. The number of hydrogen-bond donors (Lipinski definition) is 2. The number of hydrogen-bond acceptors (Lipinski definition) is 8. The van der Waals surface area contributed by atoms with Gasteiger partial charge in [0.25, 0.3) is 5.91 Å². The van der Waals surface area contributed by atoms with E-state index in [9.17, 15) is 4.79 Å². The molecule has 0 aromatic carbocycles. The largest absolute Gasteiger partial charge is 0.379 e. The molecule has 1 saturated heterocycles. The summed E-state index contributed by atoms with van der Waals surface area (Å²) in [5, 5.41) is 14.2. The molecule has 2 atom stereocenters. The minimum atomic E-state index is -0.464. The second-order valence-electron chi connectivity index (χ2n) is 6.42. The number of thioether (sulfide) groups is 1. The maximum atomic E-state index is 12.4. The number of nitrogens with zero attached hydrogens (tertiary/aromatic N) is 3. The van der Waals surface area contributed by atoms with E-state index < -0.39 is 5.54 Å². The van der Waals surface area contributed by atoms with Crippen LogP contribution in [0.5, 0.6) is 0 Å². The Labute approximate surface area is 164 Å². The Hall–Kier alpha value is -2.41. The molecule has 7 nitrogen and oxygen atoms in total. The van der Waals surface area contributed by atoms with Crippen LogP contribution in [0.25, 0.3) is 0 Å². The number of amides is 1. The first-order valence-corrected chi connectivity index (χ1v) is 10.3. The number of thiophene rings is 1. The third-order valence-corrected chi connectivity index (χ3v) is 6.81. The summed E-state index contributed by atoms with van der Waals surface area (Å²) >= 11 is 3.14. The molecule has 0 bridgehead atoms. The van der Waals surface area contributed by atoms with Crippen LogP contribution in [0, 0.1) is 17.2 Å². The number of carbonyl (C=O) groups excluding carboxylic acids is 1. The molecular weight excluding hydrogens is 382 g/mol. The van der Waals surface area contributed by atoms with E-state index in [-0.39, 0.29) is 11.6 Å². The molecule has 0 aliphatic carbocycles. The summed E-state index contributed by atoms with van der Waals surface area (Å²) in [6, 6.07) is 7.03. The first kappa shape index (κ1) is 18.0. The van der Waals surface area contributed by atoms with Gasteiger partial charge >= 0.3 is 0 Å². The second kappa shape index (κ2) is 7.31. The Bertz CT molecular complexity index is 934. The van der Waals surface area contributed by atoms with Crippen LogP contribution in [0.4, 0.5) is 5.69 Å². The van der Waals surface area contributed by atoms with Crippen LogP contribution in [0.15, 0.2) is 34.8 Å². The second-order valence-corrected chi connectivity index (χ2v) is 8.37. The summed E-state index contributed by atoms with van der Waals surface area (Å²) in [6.45, 7) is 1.24. The maximum absolute atomic E-state index is 12.4. The lowest BCUT2D eigenvalue weighted by atomic mass is 9.81. The van der Waals surface area contributed by atoms with Crippen molar-refractivity contribution in [1.82, 2.24) is 4.98 Å². The fourth-order valence-corrected chi connectivity index (χ4v) is 5.41. The van der Waals surface area contributed by atoms with Crippen molar-refractivity contribution in [3.8, 4) is 6.07 Å². The predicted molar refractivity (Wildman–Crippen MR) is 106 cm³/mol. The highest BCUT2D eigenvalue weighted by Gasteiger charge is 2.46. The molecule has 2 aliphatic heterocycles. The average molecular weight is 400 g/mol. The molecule has 0 saturated carbocycles. The van der Waals surface area contributed by atoms with Gasteiger partial charge < -0.3 is 15.8 Å². The smallest absolute Gasteiger partial charge is 0.274 e. The van der Waals surface area contributed by atoms with Crippen molar-refractivity contribution < 1.29 is 9.53 Å². The first-order valence-electron chi connectivity index (χ1n) is 8.43.